The number of thiophene rings is 1. The lowest BCUT2D eigenvalue weighted by atomic mass is 9.80. The highest BCUT2D eigenvalue weighted by Crippen LogP contribution is 2.48. The summed E-state index contributed by atoms with van der Waals surface area (Å²) in [5.74, 6) is 1.20. The predicted octanol–water partition coefficient (Wildman–Crippen LogP) is 5.74. The third-order valence-corrected chi connectivity index (χ3v) is 6.78. The summed E-state index contributed by atoms with van der Waals surface area (Å²) in [6.45, 7) is 3.99. The number of rotatable bonds is 3. The Morgan fingerprint density at radius 2 is 2.00 bits per heavy atom. The van der Waals surface area contributed by atoms with Gasteiger partial charge in [-0.15, -0.1) is 11.3 Å². The van der Waals surface area contributed by atoms with Gasteiger partial charge in [-0.3, -0.25) is 0 Å². The van der Waals surface area contributed by atoms with E-state index in [9.17, 15) is 18.4 Å². The zero-order valence-electron chi connectivity index (χ0n) is 15.6. The van der Waals surface area contributed by atoms with Gasteiger partial charge in [0.1, 0.15) is 11.9 Å². The first kappa shape index (κ1) is 18.9. The molecule has 1 saturated carbocycles. The summed E-state index contributed by atoms with van der Waals surface area (Å²) < 4.78 is 40.3. The minimum absolute atomic E-state index is 0.0705. The van der Waals surface area contributed by atoms with Crippen molar-refractivity contribution in [3.05, 3.63) is 56.9 Å². The predicted molar refractivity (Wildman–Crippen MR) is 104 cm³/mol. The smallest absolute Gasteiger partial charge is 0.385 e. The molecule has 0 radical (unpaired) electrons. The quantitative estimate of drug-likeness (QED) is 0.687. The van der Waals surface area contributed by atoms with Gasteiger partial charge in [-0.05, 0) is 72.6 Å². The number of halogens is 3. The fraction of sp³-hybridized carbons (Fsp3) is 0.381. The van der Waals surface area contributed by atoms with Crippen molar-refractivity contribution in [1.29, 1.82) is 5.26 Å². The van der Waals surface area contributed by atoms with Crippen LogP contribution >= 0.6 is 11.3 Å². The van der Waals surface area contributed by atoms with Crippen LogP contribution in [0.15, 0.2) is 40.2 Å². The Morgan fingerprint density at radius 3 is 2.61 bits per heavy atom. The molecule has 2 heterocycles. The van der Waals surface area contributed by atoms with Crippen molar-refractivity contribution in [3.8, 4) is 6.07 Å². The SMILES string of the molecule is CC1=C(C)C(c2csc3c(C#N)c(C(F)(F)F)ccc23)C(CC2CC2)=C(N)N1. The Hall–Kier alpha value is -2.46. The summed E-state index contributed by atoms with van der Waals surface area (Å²) in [7, 11) is 0. The van der Waals surface area contributed by atoms with Gasteiger partial charge in [0.15, 0.2) is 0 Å². The zero-order chi connectivity index (χ0) is 20.2. The number of nitriles is 1. The van der Waals surface area contributed by atoms with Crippen molar-refractivity contribution in [3.63, 3.8) is 0 Å². The highest BCUT2D eigenvalue weighted by molar-refractivity contribution is 7.17. The largest absolute Gasteiger partial charge is 0.417 e. The lowest BCUT2D eigenvalue weighted by Gasteiger charge is -2.31. The van der Waals surface area contributed by atoms with Crippen LogP contribution in [0, 0.1) is 17.2 Å². The van der Waals surface area contributed by atoms with Gasteiger partial charge in [0.2, 0.25) is 0 Å². The number of nitrogens with zero attached hydrogens (tertiary/aromatic N) is 1. The van der Waals surface area contributed by atoms with Gasteiger partial charge in [0.05, 0.1) is 15.8 Å². The van der Waals surface area contributed by atoms with Crippen molar-refractivity contribution < 1.29 is 13.2 Å². The fourth-order valence-electron chi connectivity index (χ4n) is 3.99. The summed E-state index contributed by atoms with van der Waals surface area (Å²) in [6.07, 6.45) is -1.30. The highest BCUT2D eigenvalue weighted by atomic mass is 32.1. The average Bonchev–Trinajstić information content (AvgIpc) is 3.35. The molecule has 2 aliphatic rings. The van der Waals surface area contributed by atoms with Gasteiger partial charge < -0.3 is 11.1 Å². The van der Waals surface area contributed by atoms with Crippen LogP contribution in [0.2, 0.25) is 0 Å². The molecule has 1 aromatic carbocycles. The van der Waals surface area contributed by atoms with Gasteiger partial charge in [0, 0.05) is 11.6 Å². The minimum atomic E-state index is -4.55. The third kappa shape index (κ3) is 3.06. The van der Waals surface area contributed by atoms with Crippen molar-refractivity contribution in [1.82, 2.24) is 5.32 Å². The van der Waals surface area contributed by atoms with E-state index in [0.29, 0.717) is 21.8 Å². The number of hydrogen-bond donors (Lipinski definition) is 2. The second-order valence-electron chi connectivity index (χ2n) is 7.62. The Balaban J connectivity index is 1.90. The van der Waals surface area contributed by atoms with Crippen LogP contribution in [0.4, 0.5) is 13.2 Å². The molecule has 0 saturated heterocycles. The number of benzene rings is 1. The number of alkyl halides is 3. The number of allylic oxidation sites excluding steroid dienone is 3. The molecule has 0 amide bonds. The van der Waals surface area contributed by atoms with Gasteiger partial charge >= 0.3 is 6.18 Å². The van der Waals surface area contributed by atoms with Crippen LogP contribution in [-0.4, -0.2) is 0 Å². The molecule has 0 spiro atoms. The van der Waals surface area contributed by atoms with E-state index < -0.39 is 11.7 Å². The second-order valence-corrected chi connectivity index (χ2v) is 8.50. The molecule has 1 aliphatic carbocycles. The maximum absolute atomic E-state index is 13.3. The highest BCUT2D eigenvalue weighted by Gasteiger charge is 2.37. The zero-order valence-corrected chi connectivity index (χ0v) is 16.4. The lowest BCUT2D eigenvalue weighted by Crippen LogP contribution is -2.29. The van der Waals surface area contributed by atoms with E-state index >= 15 is 0 Å². The lowest BCUT2D eigenvalue weighted by molar-refractivity contribution is -0.137. The second kappa shape index (κ2) is 6.56. The molecule has 7 heteroatoms. The summed E-state index contributed by atoms with van der Waals surface area (Å²) in [5, 5.41) is 15.3. The first-order valence-electron chi connectivity index (χ1n) is 9.16. The van der Waals surface area contributed by atoms with Crippen LogP contribution in [-0.2, 0) is 6.18 Å². The number of hydrogen-bond acceptors (Lipinski definition) is 4. The molecule has 28 heavy (non-hydrogen) atoms. The molecule has 3 N–H and O–H groups in total. The van der Waals surface area contributed by atoms with E-state index in [0.717, 1.165) is 34.9 Å². The standard InChI is InChI=1S/C21H20F3N3S/c1-10-11(2)27-20(26)14(7-12-3-4-12)18(10)16-9-28-19-13(16)5-6-17(15(19)8-25)21(22,23)24/h5-6,9,12,18,27H,3-4,7,26H2,1-2H3. The minimum Gasteiger partial charge on any atom is -0.385 e. The first-order chi connectivity index (χ1) is 13.2. The number of dihydropyridines is 1. The van der Waals surface area contributed by atoms with Crippen LogP contribution in [0.3, 0.4) is 0 Å². The molecule has 1 aliphatic heterocycles. The molecule has 4 rings (SSSR count). The summed E-state index contributed by atoms with van der Waals surface area (Å²) >= 11 is 1.20. The number of fused-ring (bicyclic) bond motifs is 1. The van der Waals surface area contributed by atoms with Crippen molar-refractivity contribution in [2.75, 3.05) is 0 Å². The first-order valence-corrected chi connectivity index (χ1v) is 10.0. The molecule has 1 fully saturated rings. The summed E-state index contributed by atoms with van der Waals surface area (Å²) in [6, 6.07) is 4.30. The molecule has 1 unspecified atom stereocenters. The maximum Gasteiger partial charge on any atom is 0.417 e. The van der Waals surface area contributed by atoms with Crippen molar-refractivity contribution in [2.24, 2.45) is 11.7 Å². The van der Waals surface area contributed by atoms with Gasteiger partial charge in [-0.2, -0.15) is 18.4 Å². The van der Waals surface area contributed by atoms with E-state index in [4.69, 9.17) is 5.73 Å². The van der Waals surface area contributed by atoms with Gasteiger partial charge in [-0.25, -0.2) is 0 Å². The molecule has 3 nitrogen and oxygen atoms in total. The summed E-state index contributed by atoms with van der Waals surface area (Å²) in [5.41, 5.74) is 9.26. The van der Waals surface area contributed by atoms with Gasteiger partial charge in [-0.1, -0.05) is 6.07 Å². The molecule has 0 bridgehead atoms. The Bertz CT molecular complexity index is 1060. The van der Waals surface area contributed by atoms with E-state index in [1.807, 2.05) is 19.2 Å². The molecular formula is C21H20F3N3S. The Morgan fingerprint density at radius 1 is 1.29 bits per heavy atom. The van der Waals surface area contributed by atoms with E-state index in [2.05, 4.69) is 5.32 Å². The van der Waals surface area contributed by atoms with Crippen molar-refractivity contribution in [2.45, 2.75) is 45.2 Å². The molecule has 146 valence electrons. The molecule has 2 aromatic rings. The van der Waals surface area contributed by atoms with E-state index in [-0.39, 0.29) is 11.5 Å². The molecule has 1 atom stereocenters. The Labute approximate surface area is 165 Å². The Kier molecular flexibility index (Phi) is 4.42. The van der Waals surface area contributed by atoms with E-state index in [1.165, 1.54) is 30.2 Å². The fourth-order valence-corrected chi connectivity index (χ4v) is 5.08. The molecular weight excluding hydrogens is 383 g/mol. The summed E-state index contributed by atoms with van der Waals surface area (Å²) in [4.78, 5) is 0. The normalized spacial score (nSPS) is 20.5. The van der Waals surface area contributed by atoms with Crippen molar-refractivity contribution >= 4 is 21.4 Å². The van der Waals surface area contributed by atoms with Crippen LogP contribution < -0.4 is 11.1 Å². The number of nitrogens with one attached hydrogen (secondary N) is 1. The van der Waals surface area contributed by atoms with Crippen LogP contribution in [0.1, 0.15) is 55.7 Å². The van der Waals surface area contributed by atoms with Gasteiger partial charge in [0.25, 0.3) is 0 Å². The third-order valence-electron chi connectivity index (χ3n) is 5.75. The van der Waals surface area contributed by atoms with Crippen LogP contribution in [0.25, 0.3) is 10.1 Å². The topological polar surface area (TPSA) is 61.8 Å². The average molecular weight is 403 g/mol. The monoisotopic (exact) mass is 403 g/mol. The molecule has 1 aromatic heterocycles. The number of nitrogens with two attached hydrogens (primary N) is 1. The van der Waals surface area contributed by atoms with E-state index in [1.54, 1.807) is 6.07 Å². The van der Waals surface area contributed by atoms with Crippen LogP contribution in [0.5, 0.6) is 0 Å². The maximum atomic E-state index is 13.3.